The monoisotopic (exact) mass is 239 g/mol. The van der Waals surface area contributed by atoms with E-state index in [4.69, 9.17) is 5.73 Å². The fourth-order valence-electron chi connectivity index (χ4n) is 2.99. The summed E-state index contributed by atoms with van der Waals surface area (Å²) in [6.45, 7) is 7.13. The molecule has 0 aromatic heterocycles. The second-order valence-corrected chi connectivity index (χ2v) is 5.38. The number of amides is 1. The average molecular weight is 239 g/mol. The molecule has 0 radical (unpaired) electrons. The lowest BCUT2D eigenvalue weighted by atomic mass is 9.85. The van der Waals surface area contributed by atoms with Crippen LogP contribution in [0.15, 0.2) is 0 Å². The molecule has 17 heavy (non-hydrogen) atoms. The molecule has 1 saturated heterocycles. The molecule has 1 aliphatic heterocycles. The van der Waals surface area contributed by atoms with Gasteiger partial charge in [-0.3, -0.25) is 4.79 Å². The Bertz CT molecular complexity index is 261. The highest BCUT2D eigenvalue weighted by Crippen LogP contribution is 2.25. The molecule has 0 spiro atoms. The fourth-order valence-corrected chi connectivity index (χ4v) is 2.99. The van der Waals surface area contributed by atoms with Crippen LogP contribution in [0.1, 0.15) is 32.6 Å². The van der Waals surface area contributed by atoms with Crippen molar-refractivity contribution in [1.82, 2.24) is 9.80 Å². The normalized spacial score (nSPS) is 31.5. The van der Waals surface area contributed by atoms with E-state index in [1.165, 1.54) is 0 Å². The number of rotatable bonds is 2. The van der Waals surface area contributed by atoms with Crippen molar-refractivity contribution in [2.24, 2.45) is 11.7 Å². The maximum Gasteiger partial charge on any atom is 0.225 e. The van der Waals surface area contributed by atoms with Gasteiger partial charge in [0, 0.05) is 38.1 Å². The first-order valence-electron chi connectivity index (χ1n) is 6.97. The van der Waals surface area contributed by atoms with E-state index in [2.05, 4.69) is 16.7 Å². The van der Waals surface area contributed by atoms with Crippen LogP contribution in [0.3, 0.4) is 0 Å². The number of carbonyl (C=O) groups is 1. The van der Waals surface area contributed by atoms with Crippen LogP contribution in [0.5, 0.6) is 0 Å². The Morgan fingerprint density at radius 2 is 1.94 bits per heavy atom. The topological polar surface area (TPSA) is 49.6 Å². The van der Waals surface area contributed by atoms with Gasteiger partial charge in [0.15, 0.2) is 0 Å². The first-order chi connectivity index (χ1) is 8.20. The van der Waals surface area contributed by atoms with Gasteiger partial charge >= 0.3 is 0 Å². The summed E-state index contributed by atoms with van der Waals surface area (Å²) in [5.41, 5.74) is 5.96. The molecule has 98 valence electrons. The molecule has 2 atom stereocenters. The number of nitrogens with zero attached hydrogens (tertiary/aromatic N) is 2. The quantitative estimate of drug-likeness (QED) is 0.770. The van der Waals surface area contributed by atoms with E-state index >= 15 is 0 Å². The molecule has 1 heterocycles. The molecule has 1 saturated carbocycles. The highest BCUT2D eigenvalue weighted by Gasteiger charge is 2.30. The third kappa shape index (κ3) is 3.19. The van der Waals surface area contributed by atoms with Crippen LogP contribution in [-0.4, -0.2) is 54.5 Å². The molecule has 1 amide bonds. The minimum absolute atomic E-state index is 0.201. The van der Waals surface area contributed by atoms with Gasteiger partial charge in [0.05, 0.1) is 0 Å². The van der Waals surface area contributed by atoms with Crippen molar-refractivity contribution in [3.8, 4) is 0 Å². The summed E-state index contributed by atoms with van der Waals surface area (Å²) in [5, 5.41) is 0. The van der Waals surface area contributed by atoms with E-state index in [0.29, 0.717) is 5.91 Å². The van der Waals surface area contributed by atoms with Gasteiger partial charge in [-0.15, -0.1) is 0 Å². The van der Waals surface area contributed by atoms with Crippen LogP contribution in [0.2, 0.25) is 0 Å². The standard InChI is InChI=1S/C13H25N3O/c1-2-15-6-8-16(9-7-15)13(17)11-4-3-5-12(14)10-11/h11-12H,2-10,14H2,1H3. The minimum Gasteiger partial charge on any atom is -0.340 e. The second-order valence-electron chi connectivity index (χ2n) is 5.38. The maximum absolute atomic E-state index is 12.3. The lowest BCUT2D eigenvalue weighted by molar-refractivity contribution is -0.138. The first kappa shape index (κ1) is 12.8. The number of nitrogens with two attached hydrogens (primary N) is 1. The van der Waals surface area contributed by atoms with Crippen molar-refractivity contribution in [3.63, 3.8) is 0 Å². The molecule has 2 rings (SSSR count). The van der Waals surface area contributed by atoms with Crippen LogP contribution >= 0.6 is 0 Å². The van der Waals surface area contributed by atoms with Gasteiger partial charge < -0.3 is 15.5 Å². The Kier molecular flexibility index (Phi) is 4.40. The lowest BCUT2D eigenvalue weighted by Gasteiger charge is -2.37. The van der Waals surface area contributed by atoms with Gasteiger partial charge in [0.25, 0.3) is 0 Å². The Hall–Kier alpha value is -0.610. The van der Waals surface area contributed by atoms with Gasteiger partial charge in [-0.25, -0.2) is 0 Å². The largest absolute Gasteiger partial charge is 0.340 e. The molecule has 0 aromatic rings. The van der Waals surface area contributed by atoms with Gasteiger partial charge in [0.1, 0.15) is 0 Å². The molecule has 0 bridgehead atoms. The van der Waals surface area contributed by atoms with Crippen LogP contribution in [0.25, 0.3) is 0 Å². The van der Waals surface area contributed by atoms with Crippen molar-refractivity contribution in [3.05, 3.63) is 0 Å². The first-order valence-corrected chi connectivity index (χ1v) is 6.97. The average Bonchev–Trinajstić information content (AvgIpc) is 2.38. The predicted octanol–water partition coefficient (Wildman–Crippen LogP) is 0.668. The van der Waals surface area contributed by atoms with Crippen LogP contribution in [-0.2, 0) is 4.79 Å². The second kappa shape index (κ2) is 5.83. The Morgan fingerprint density at radius 3 is 2.53 bits per heavy atom. The minimum atomic E-state index is 0.201. The number of piperazine rings is 1. The number of hydrogen-bond acceptors (Lipinski definition) is 3. The predicted molar refractivity (Wildman–Crippen MR) is 68.6 cm³/mol. The van der Waals surface area contributed by atoms with E-state index in [1.54, 1.807) is 0 Å². The lowest BCUT2D eigenvalue weighted by Crippen LogP contribution is -2.51. The molecule has 4 heteroatoms. The summed E-state index contributed by atoms with van der Waals surface area (Å²) in [7, 11) is 0. The Balaban J connectivity index is 1.83. The molecule has 2 aliphatic rings. The van der Waals surface area contributed by atoms with Crippen LogP contribution in [0, 0.1) is 5.92 Å². The summed E-state index contributed by atoms with van der Waals surface area (Å²) < 4.78 is 0. The summed E-state index contributed by atoms with van der Waals surface area (Å²) >= 11 is 0. The highest BCUT2D eigenvalue weighted by molar-refractivity contribution is 5.79. The van der Waals surface area contributed by atoms with Crippen molar-refractivity contribution in [2.45, 2.75) is 38.6 Å². The zero-order chi connectivity index (χ0) is 12.3. The zero-order valence-electron chi connectivity index (χ0n) is 10.9. The molecule has 0 aromatic carbocycles. The maximum atomic E-state index is 12.3. The van der Waals surface area contributed by atoms with Crippen molar-refractivity contribution in [2.75, 3.05) is 32.7 Å². The third-order valence-corrected chi connectivity index (χ3v) is 4.20. The summed E-state index contributed by atoms with van der Waals surface area (Å²) in [6.07, 6.45) is 4.15. The van der Waals surface area contributed by atoms with E-state index in [0.717, 1.165) is 58.4 Å². The molecular weight excluding hydrogens is 214 g/mol. The summed E-state index contributed by atoms with van der Waals surface area (Å²) in [6, 6.07) is 0.245. The van der Waals surface area contributed by atoms with E-state index < -0.39 is 0 Å². The van der Waals surface area contributed by atoms with Crippen molar-refractivity contribution < 1.29 is 4.79 Å². The number of likely N-dealkylation sites (N-methyl/N-ethyl adjacent to an activating group) is 1. The van der Waals surface area contributed by atoms with Crippen molar-refractivity contribution >= 4 is 5.91 Å². The van der Waals surface area contributed by atoms with Gasteiger partial charge in [0.2, 0.25) is 5.91 Å². The molecule has 2 unspecified atom stereocenters. The SMILES string of the molecule is CCN1CCN(C(=O)C2CCCC(N)C2)CC1. The van der Waals surface area contributed by atoms with E-state index in [-0.39, 0.29) is 12.0 Å². The van der Waals surface area contributed by atoms with Gasteiger partial charge in [-0.1, -0.05) is 13.3 Å². The van der Waals surface area contributed by atoms with E-state index in [9.17, 15) is 4.79 Å². The third-order valence-electron chi connectivity index (χ3n) is 4.20. The smallest absolute Gasteiger partial charge is 0.225 e. The van der Waals surface area contributed by atoms with Crippen molar-refractivity contribution in [1.29, 1.82) is 0 Å². The summed E-state index contributed by atoms with van der Waals surface area (Å²) in [5.74, 6) is 0.558. The molecule has 1 aliphatic carbocycles. The molecule has 2 fully saturated rings. The van der Waals surface area contributed by atoms with E-state index in [1.807, 2.05) is 0 Å². The van der Waals surface area contributed by atoms with Gasteiger partial charge in [-0.2, -0.15) is 0 Å². The van der Waals surface area contributed by atoms with Gasteiger partial charge in [-0.05, 0) is 25.8 Å². The number of carbonyl (C=O) groups excluding carboxylic acids is 1. The summed E-state index contributed by atoms with van der Waals surface area (Å²) in [4.78, 5) is 16.8. The highest BCUT2D eigenvalue weighted by atomic mass is 16.2. The van der Waals surface area contributed by atoms with Crippen LogP contribution in [0.4, 0.5) is 0 Å². The number of hydrogen-bond donors (Lipinski definition) is 1. The Morgan fingerprint density at radius 1 is 1.24 bits per heavy atom. The molecule has 4 nitrogen and oxygen atoms in total. The fraction of sp³-hybridized carbons (Fsp3) is 0.923. The van der Waals surface area contributed by atoms with Crippen LogP contribution < -0.4 is 5.73 Å². The molecule has 2 N–H and O–H groups in total. The zero-order valence-corrected chi connectivity index (χ0v) is 10.9. The molecular formula is C13H25N3O. The Labute approximate surface area is 104 Å².